The number of carbonyl (C=O) groups excluding carboxylic acids is 1. The minimum Gasteiger partial charge on any atom is -0.545 e. The first-order valence-corrected chi connectivity index (χ1v) is 3.10. The molecule has 50 valence electrons. The van der Waals surface area contributed by atoms with Gasteiger partial charge in [-0.2, -0.15) is 0 Å². The van der Waals surface area contributed by atoms with Gasteiger partial charge in [-0.1, -0.05) is 6.08 Å². The molecule has 1 aliphatic rings. The second kappa shape index (κ2) is 4.16. The van der Waals surface area contributed by atoms with Gasteiger partial charge in [-0.15, -0.1) is 0 Å². The van der Waals surface area contributed by atoms with Gasteiger partial charge in [-0.05, 0) is 31.3 Å². The van der Waals surface area contributed by atoms with Gasteiger partial charge in [0.1, 0.15) is 0 Å². The third kappa shape index (κ3) is 3.40. The fourth-order valence-corrected chi connectivity index (χ4v) is 0.684. The molecule has 0 bridgehead atoms. The van der Waals surface area contributed by atoms with Crippen LogP contribution in [0.1, 0.15) is 19.8 Å². The van der Waals surface area contributed by atoms with Crippen LogP contribution in [0.15, 0.2) is 11.6 Å². The molecule has 1 saturated carbocycles. The minimum absolute atomic E-state index is 0. The number of aliphatic carboxylic acids is 1. The van der Waals surface area contributed by atoms with Crippen LogP contribution in [-0.4, -0.2) is 5.97 Å². The average Bonchev–Trinajstić information content (AvgIpc) is 2.50. The Hall–Kier alpha value is 0.210. The monoisotopic (exact) mass is 148 g/mol. The van der Waals surface area contributed by atoms with Crippen LogP contribution >= 0.6 is 0 Å². The fourth-order valence-electron chi connectivity index (χ4n) is 0.684. The summed E-state index contributed by atoms with van der Waals surface area (Å²) < 4.78 is 0. The molecule has 0 unspecified atom stereocenters. The van der Waals surface area contributed by atoms with E-state index in [4.69, 9.17) is 0 Å². The Balaban J connectivity index is 0.000000810. The summed E-state index contributed by atoms with van der Waals surface area (Å²) in [6, 6.07) is 0. The van der Waals surface area contributed by atoms with Crippen molar-refractivity contribution in [1.82, 2.24) is 0 Å². The number of allylic oxidation sites excluding steroid dienone is 1. The molecule has 0 heterocycles. The van der Waals surface area contributed by atoms with Crippen molar-refractivity contribution < 1.29 is 39.5 Å². The standard InChI is InChI=1S/C7H10O2.Na/c1-5(7(8)9)4-6-2-3-6;/h4,6H,2-3H2,1H3,(H,8,9);/q;+1/p-1. The van der Waals surface area contributed by atoms with Crippen molar-refractivity contribution in [2.75, 3.05) is 0 Å². The van der Waals surface area contributed by atoms with Crippen LogP contribution in [0.5, 0.6) is 0 Å². The molecule has 0 saturated heterocycles. The van der Waals surface area contributed by atoms with Crippen LogP contribution in [-0.2, 0) is 4.79 Å². The van der Waals surface area contributed by atoms with Crippen LogP contribution in [0, 0.1) is 5.92 Å². The van der Waals surface area contributed by atoms with Crippen LogP contribution in [0.3, 0.4) is 0 Å². The Morgan fingerprint density at radius 2 is 2.10 bits per heavy atom. The molecule has 0 spiro atoms. The van der Waals surface area contributed by atoms with Crippen LogP contribution in [0.2, 0.25) is 0 Å². The third-order valence-corrected chi connectivity index (χ3v) is 1.43. The number of carboxylic acids is 1. The number of rotatable bonds is 2. The van der Waals surface area contributed by atoms with E-state index >= 15 is 0 Å². The van der Waals surface area contributed by atoms with Gasteiger partial charge in [0, 0.05) is 0 Å². The number of hydrogen-bond acceptors (Lipinski definition) is 2. The molecule has 3 heteroatoms. The molecule has 1 rings (SSSR count). The molecule has 0 N–H and O–H groups in total. The predicted molar refractivity (Wildman–Crippen MR) is 31.5 cm³/mol. The SMILES string of the molecule is CC(=CC1CC1)C(=O)[O-].[Na+]. The normalized spacial score (nSPS) is 17.9. The zero-order valence-corrected chi connectivity index (χ0v) is 8.39. The first-order chi connectivity index (χ1) is 4.20. The molecule has 0 aliphatic heterocycles. The van der Waals surface area contributed by atoms with Crippen molar-refractivity contribution >= 4 is 5.97 Å². The Kier molecular flexibility index (Phi) is 4.25. The van der Waals surface area contributed by atoms with Gasteiger partial charge in [-0.25, -0.2) is 0 Å². The van der Waals surface area contributed by atoms with Gasteiger partial charge in [0.05, 0.1) is 5.97 Å². The first kappa shape index (κ1) is 10.2. The summed E-state index contributed by atoms with van der Waals surface area (Å²) >= 11 is 0. The summed E-state index contributed by atoms with van der Waals surface area (Å²) in [6.45, 7) is 1.58. The van der Waals surface area contributed by atoms with Crippen molar-refractivity contribution in [1.29, 1.82) is 0 Å². The molecular weight excluding hydrogens is 139 g/mol. The zero-order valence-electron chi connectivity index (χ0n) is 6.39. The summed E-state index contributed by atoms with van der Waals surface area (Å²) in [5, 5.41) is 10.1. The molecule has 1 aliphatic carbocycles. The second-order valence-corrected chi connectivity index (χ2v) is 2.47. The molecule has 0 aromatic heterocycles. The number of carboxylic acid groups (broad SMARTS) is 1. The van der Waals surface area contributed by atoms with Crippen molar-refractivity contribution in [3.05, 3.63) is 11.6 Å². The van der Waals surface area contributed by atoms with Gasteiger partial charge < -0.3 is 9.90 Å². The number of carbonyl (C=O) groups is 1. The Bertz CT molecular complexity index is 159. The van der Waals surface area contributed by atoms with E-state index in [1.807, 2.05) is 0 Å². The molecular formula is C7H9NaO2. The van der Waals surface area contributed by atoms with Gasteiger partial charge >= 0.3 is 29.6 Å². The Morgan fingerprint density at radius 1 is 1.60 bits per heavy atom. The smallest absolute Gasteiger partial charge is 0.545 e. The van der Waals surface area contributed by atoms with E-state index in [9.17, 15) is 9.90 Å². The Labute approximate surface area is 82.6 Å². The van der Waals surface area contributed by atoms with Gasteiger partial charge in [0.25, 0.3) is 0 Å². The summed E-state index contributed by atoms with van der Waals surface area (Å²) in [7, 11) is 0. The van der Waals surface area contributed by atoms with E-state index in [-0.39, 0.29) is 29.6 Å². The van der Waals surface area contributed by atoms with Crippen molar-refractivity contribution in [2.45, 2.75) is 19.8 Å². The van der Waals surface area contributed by atoms with Crippen LogP contribution in [0.25, 0.3) is 0 Å². The van der Waals surface area contributed by atoms with Gasteiger partial charge in [-0.3, -0.25) is 0 Å². The predicted octanol–water partition coefficient (Wildman–Crippen LogP) is -2.90. The van der Waals surface area contributed by atoms with E-state index in [0.717, 1.165) is 12.8 Å². The maximum absolute atomic E-state index is 10.1. The van der Waals surface area contributed by atoms with Crippen LogP contribution < -0.4 is 34.7 Å². The molecule has 1 fully saturated rings. The quantitative estimate of drug-likeness (QED) is 0.311. The topological polar surface area (TPSA) is 40.1 Å². The van der Waals surface area contributed by atoms with Crippen molar-refractivity contribution in [3.63, 3.8) is 0 Å². The largest absolute Gasteiger partial charge is 1.00 e. The van der Waals surface area contributed by atoms with E-state index in [2.05, 4.69) is 0 Å². The summed E-state index contributed by atoms with van der Waals surface area (Å²) in [4.78, 5) is 10.1. The minimum atomic E-state index is -1.04. The second-order valence-electron chi connectivity index (χ2n) is 2.47. The summed E-state index contributed by atoms with van der Waals surface area (Å²) in [5.41, 5.74) is 0.373. The van der Waals surface area contributed by atoms with E-state index in [1.165, 1.54) is 0 Å². The summed E-state index contributed by atoms with van der Waals surface area (Å²) in [6.07, 6.45) is 4.06. The maximum atomic E-state index is 10.1. The Morgan fingerprint density at radius 3 is 2.40 bits per heavy atom. The molecule has 0 radical (unpaired) electrons. The van der Waals surface area contributed by atoms with Gasteiger partial charge in [0.2, 0.25) is 0 Å². The molecule has 2 nitrogen and oxygen atoms in total. The van der Waals surface area contributed by atoms with E-state index < -0.39 is 5.97 Å². The molecule has 0 atom stereocenters. The summed E-state index contributed by atoms with van der Waals surface area (Å²) in [5.74, 6) is -0.509. The zero-order chi connectivity index (χ0) is 6.85. The van der Waals surface area contributed by atoms with Crippen molar-refractivity contribution in [3.8, 4) is 0 Å². The first-order valence-electron chi connectivity index (χ1n) is 3.10. The average molecular weight is 148 g/mol. The van der Waals surface area contributed by atoms with E-state index in [0.29, 0.717) is 11.5 Å². The molecule has 0 aromatic carbocycles. The van der Waals surface area contributed by atoms with Crippen LogP contribution in [0.4, 0.5) is 0 Å². The number of hydrogen-bond donors (Lipinski definition) is 0. The third-order valence-electron chi connectivity index (χ3n) is 1.43. The van der Waals surface area contributed by atoms with E-state index in [1.54, 1.807) is 13.0 Å². The maximum Gasteiger partial charge on any atom is 1.00 e. The fraction of sp³-hybridized carbons (Fsp3) is 0.571. The molecule has 10 heavy (non-hydrogen) atoms. The molecule has 0 aromatic rings. The van der Waals surface area contributed by atoms with Crippen molar-refractivity contribution in [2.24, 2.45) is 5.92 Å². The van der Waals surface area contributed by atoms with Gasteiger partial charge in [0.15, 0.2) is 0 Å². The molecule has 0 amide bonds.